The topological polar surface area (TPSA) is 90.0 Å². The normalized spacial score (nSPS) is 9.90. The van der Waals surface area contributed by atoms with Gasteiger partial charge in [-0.2, -0.15) is 0 Å². The number of carboxylic acids is 1. The van der Waals surface area contributed by atoms with Crippen LogP contribution in [0, 0.1) is 5.82 Å². The Labute approximate surface area is 120 Å². The Bertz CT molecular complexity index is 575. The summed E-state index contributed by atoms with van der Waals surface area (Å²) in [7, 11) is 4.46. The van der Waals surface area contributed by atoms with E-state index in [-0.39, 0.29) is 23.7 Å². The average molecular weight is 297 g/mol. The summed E-state index contributed by atoms with van der Waals surface area (Å²) >= 11 is 0. The second-order valence-electron chi connectivity index (χ2n) is 4.57. The molecule has 0 bridgehead atoms. The van der Waals surface area contributed by atoms with Crippen LogP contribution in [-0.2, 0) is 4.79 Å². The van der Waals surface area contributed by atoms with Crippen molar-refractivity contribution in [3.8, 4) is 0 Å². The van der Waals surface area contributed by atoms with Gasteiger partial charge in [-0.05, 0) is 18.2 Å². The lowest BCUT2D eigenvalue weighted by Crippen LogP contribution is -2.40. The van der Waals surface area contributed by atoms with Gasteiger partial charge in [0.05, 0.1) is 11.3 Å². The first kappa shape index (κ1) is 16.4. The van der Waals surface area contributed by atoms with Crippen LogP contribution in [0.3, 0.4) is 0 Å². The van der Waals surface area contributed by atoms with Crippen LogP contribution in [0.15, 0.2) is 18.2 Å². The van der Waals surface area contributed by atoms with Gasteiger partial charge >= 0.3 is 12.0 Å². The highest BCUT2D eigenvalue weighted by atomic mass is 19.1. The van der Waals surface area contributed by atoms with Crippen LogP contribution < -0.4 is 5.32 Å². The maximum atomic E-state index is 13.5. The average Bonchev–Trinajstić information content (AvgIpc) is 2.40. The number of anilines is 1. The monoisotopic (exact) mass is 297 g/mol. The summed E-state index contributed by atoms with van der Waals surface area (Å²) in [4.78, 5) is 36.5. The number of rotatable bonds is 4. The maximum Gasteiger partial charge on any atom is 0.335 e. The largest absolute Gasteiger partial charge is 0.478 e. The van der Waals surface area contributed by atoms with Gasteiger partial charge in [0.1, 0.15) is 12.4 Å². The lowest BCUT2D eigenvalue weighted by atomic mass is 10.2. The molecule has 0 saturated heterocycles. The van der Waals surface area contributed by atoms with E-state index in [0.29, 0.717) is 0 Å². The lowest BCUT2D eigenvalue weighted by molar-refractivity contribution is -0.129. The summed E-state index contributed by atoms with van der Waals surface area (Å²) in [5.41, 5.74) is -0.414. The molecule has 0 unspecified atom stereocenters. The Balaban J connectivity index is 2.81. The highest BCUT2D eigenvalue weighted by Crippen LogP contribution is 2.16. The summed E-state index contributed by atoms with van der Waals surface area (Å²) < 4.78 is 13.5. The predicted molar refractivity (Wildman–Crippen MR) is 73.7 cm³/mol. The number of aromatic carboxylic acids is 1. The van der Waals surface area contributed by atoms with E-state index in [9.17, 15) is 18.8 Å². The van der Waals surface area contributed by atoms with Gasteiger partial charge in [0.15, 0.2) is 0 Å². The molecule has 1 aromatic rings. The van der Waals surface area contributed by atoms with E-state index in [2.05, 4.69) is 5.32 Å². The highest BCUT2D eigenvalue weighted by molar-refractivity contribution is 5.94. The number of benzene rings is 1. The van der Waals surface area contributed by atoms with Gasteiger partial charge < -0.3 is 20.2 Å². The van der Waals surface area contributed by atoms with E-state index in [1.165, 1.54) is 11.9 Å². The van der Waals surface area contributed by atoms with E-state index in [0.717, 1.165) is 23.1 Å². The van der Waals surface area contributed by atoms with Crippen molar-refractivity contribution in [2.45, 2.75) is 0 Å². The fourth-order valence-corrected chi connectivity index (χ4v) is 1.38. The van der Waals surface area contributed by atoms with Crippen LogP contribution in [0.5, 0.6) is 0 Å². The number of carbonyl (C=O) groups excluding carboxylic acids is 2. The first-order chi connectivity index (χ1) is 9.72. The molecule has 0 spiro atoms. The minimum atomic E-state index is -1.23. The molecule has 0 aromatic heterocycles. The van der Waals surface area contributed by atoms with Gasteiger partial charge in [-0.3, -0.25) is 4.79 Å². The van der Waals surface area contributed by atoms with Crippen LogP contribution in [0.1, 0.15) is 10.4 Å². The number of halogens is 1. The third-order valence-corrected chi connectivity index (χ3v) is 2.67. The van der Waals surface area contributed by atoms with Crippen molar-refractivity contribution in [3.63, 3.8) is 0 Å². The van der Waals surface area contributed by atoms with Crippen molar-refractivity contribution in [1.29, 1.82) is 0 Å². The maximum absolute atomic E-state index is 13.5. The molecule has 7 nitrogen and oxygen atoms in total. The Kier molecular flexibility index (Phi) is 5.23. The molecule has 0 heterocycles. The fraction of sp³-hybridized carbons (Fsp3) is 0.308. The van der Waals surface area contributed by atoms with Crippen LogP contribution in [0.25, 0.3) is 0 Å². The van der Waals surface area contributed by atoms with Crippen molar-refractivity contribution in [2.75, 3.05) is 33.0 Å². The minimum absolute atomic E-state index is 0.154. The number of hydrogen-bond acceptors (Lipinski definition) is 3. The molecule has 0 aliphatic heterocycles. The number of urea groups is 1. The molecular formula is C13H16FN3O4. The SMILES string of the molecule is CN(C)C(=O)CN(C)C(=O)Nc1cc(C(=O)O)ccc1F. The van der Waals surface area contributed by atoms with E-state index < -0.39 is 17.8 Å². The summed E-state index contributed by atoms with van der Waals surface area (Å²) in [6.07, 6.45) is 0. The van der Waals surface area contributed by atoms with Crippen molar-refractivity contribution >= 4 is 23.6 Å². The Hall–Kier alpha value is -2.64. The van der Waals surface area contributed by atoms with Crippen molar-refractivity contribution in [2.24, 2.45) is 0 Å². The Morgan fingerprint density at radius 2 is 1.86 bits per heavy atom. The standard InChI is InChI=1S/C13H16FN3O4/c1-16(2)11(18)7-17(3)13(21)15-10-6-8(12(19)20)4-5-9(10)14/h4-6H,7H2,1-3H3,(H,15,21)(H,19,20). The summed E-state index contributed by atoms with van der Waals surface area (Å²) in [6, 6.07) is 2.33. The second-order valence-corrected chi connectivity index (χ2v) is 4.57. The fourth-order valence-electron chi connectivity index (χ4n) is 1.38. The van der Waals surface area contributed by atoms with E-state index in [1.807, 2.05) is 0 Å². The molecule has 1 aromatic carbocycles. The zero-order valence-corrected chi connectivity index (χ0v) is 11.9. The van der Waals surface area contributed by atoms with Gasteiger partial charge in [-0.15, -0.1) is 0 Å². The van der Waals surface area contributed by atoms with Crippen LogP contribution in [-0.4, -0.2) is 60.5 Å². The first-order valence-corrected chi connectivity index (χ1v) is 5.97. The number of carbonyl (C=O) groups is 3. The molecule has 3 amide bonds. The summed E-state index contributed by atoms with van der Waals surface area (Å²) in [6.45, 7) is -0.181. The highest BCUT2D eigenvalue weighted by Gasteiger charge is 2.16. The predicted octanol–water partition coefficient (Wildman–Crippen LogP) is 1.08. The Morgan fingerprint density at radius 3 is 2.38 bits per heavy atom. The molecule has 0 aliphatic rings. The van der Waals surface area contributed by atoms with Crippen LogP contribution >= 0.6 is 0 Å². The van der Waals surface area contributed by atoms with Crippen molar-refractivity contribution < 1.29 is 23.9 Å². The minimum Gasteiger partial charge on any atom is -0.478 e. The molecule has 8 heteroatoms. The van der Waals surface area contributed by atoms with Gasteiger partial charge in [0, 0.05) is 21.1 Å². The number of carboxylic acid groups (broad SMARTS) is 1. The molecule has 0 aliphatic carbocycles. The second kappa shape index (κ2) is 6.69. The van der Waals surface area contributed by atoms with Crippen molar-refractivity contribution in [3.05, 3.63) is 29.6 Å². The van der Waals surface area contributed by atoms with E-state index in [1.54, 1.807) is 14.1 Å². The van der Waals surface area contributed by atoms with Crippen LogP contribution in [0.4, 0.5) is 14.9 Å². The van der Waals surface area contributed by atoms with E-state index in [4.69, 9.17) is 5.11 Å². The molecule has 0 radical (unpaired) electrons. The molecule has 114 valence electrons. The molecule has 2 N–H and O–H groups in total. The van der Waals surface area contributed by atoms with Gasteiger partial charge in [-0.25, -0.2) is 14.0 Å². The summed E-state index contributed by atoms with van der Waals surface area (Å²) in [5, 5.41) is 11.1. The van der Waals surface area contributed by atoms with Crippen LogP contribution in [0.2, 0.25) is 0 Å². The van der Waals surface area contributed by atoms with E-state index >= 15 is 0 Å². The quantitative estimate of drug-likeness (QED) is 0.870. The zero-order valence-electron chi connectivity index (χ0n) is 11.9. The van der Waals surface area contributed by atoms with Gasteiger partial charge in [0.2, 0.25) is 5.91 Å². The number of likely N-dealkylation sites (N-methyl/N-ethyl adjacent to an activating group) is 2. The molecule has 21 heavy (non-hydrogen) atoms. The Morgan fingerprint density at radius 1 is 1.24 bits per heavy atom. The first-order valence-electron chi connectivity index (χ1n) is 5.97. The molecule has 0 atom stereocenters. The third-order valence-electron chi connectivity index (χ3n) is 2.67. The zero-order chi connectivity index (χ0) is 16.2. The number of nitrogens with zero attached hydrogens (tertiary/aromatic N) is 2. The third kappa shape index (κ3) is 4.44. The number of amides is 3. The molecular weight excluding hydrogens is 281 g/mol. The molecule has 1 rings (SSSR count). The molecule has 0 saturated carbocycles. The lowest BCUT2D eigenvalue weighted by Gasteiger charge is -2.20. The van der Waals surface area contributed by atoms with Gasteiger partial charge in [-0.1, -0.05) is 0 Å². The summed E-state index contributed by atoms with van der Waals surface area (Å²) in [5.74, 6) is -2.30. The van der Waals surface area contributed by atoms with Gasteiger partial charge in [0.25, 0.3) is 0 Å². The molecule has 0 fully saturated rings. The number of nitrogens with one attached hydrogen (secondary N) is 1. The smallest absolute Gasteiger partial charge is 0.335 e. The van der Waals surface area contributed by atoms with Crippen molar-refractivity contribution in [1.82, 2.24) is 9.80 Å². The number of hydrogen-bond donors (Lipinski definition) is 2.